The minimum absolute atomic E-state index is 0.00945. The van der Waals surface area contributed by atoms with Gasteiger partial charge in [0.25, 0.3) is 0 Å². The number of likely N-dealkylation sites (tertiary alicyclic amines) is 1. The van der Waals surface area contributed by atoms with Crippen molar-refractivity contribution < 1.29 is 4.74 Å². The van der Waals surface area contributed by atoms with Crippen LogP contribution in [0.3, 0.4) is 0 Å². The molecule has 6 nitrogen and oxygen atoms in total. The monoisotopic (exact) mass is 263 g/mol. The van der Waals surface area contributed by atoms with Crippen molar-refractivity contribution in [3.63, 3.8) is 0 Å². The van der Waals surface area contributed by atoms with Gasteiger partial charge in [-0.3, -0.25) is 0 Å². The highest BCUT2D eigenvalue weighted by molar-refractivity contribution is 5.42. The van der Waals surface area contributed by atoms with Gasteiger partial charge in [-0.05, 0) is 26.0 Å². The van der Waals surface area contributed by atoms with Crippen molar-refractivity contribution >= 4 is 11.8 Å². The lowest BCUT2D eigenvalue weighted by Crippen LogP contribution is -2.56. The molecule has 3 heterocycles. The predicted octanol–water partition coefficient (Wildman–Crippen LogP) is 0.360. The van der Waals surface area contributed by atoms with Gasteiger partial charge in [0, 0.05) is 32.4 Å². The lowest BCUT2D eigenvalue weighted by molar-refractivity contribution is -0.0884. The first-order valence-corrected chi connectivity index (χ1v) is 6.83. The lowest BCUT2D eigenvalue weighted by atomic mass is 9.89. The van der Waals surface area contributed by atoms with E-state index in [1.54, 1.807) is 6.20 Å². The van der Waals surface area contributed by atoms with E-state index in [0.717, 1.165) is 51.4 Å². The number of nitrogen functional groups attached to an aromatic ring is 1. The summed E-state index contributed by atoms with van der Waals surface area (Å²) in [5, 5.41) is 0. The second-order valence-corrected chi connectivity index (χ2v) is 5.53. The van der Waals surface area contributed by atoms with Crippen LogP contribution in [0.2, 0.25) is 0 Å². The molecule has 1 aromatic rings. The van der Waals surface area contributed by atoms with E-state index in [4.69, 9.17) is 10.5 Å². The Kier molecular flexibility index (Phi) is 3.28. The average molecular weight is 263 g/mol. The molecule has 0 amide bonds. The highest BCUT2D eigenvalue weighted by Gasteiger charge is 2.39. The molecule has 1 aromatic heterocycles. The van der Waals surface area contributed by atoms with Crippen LogP contribution >= 0.6 is 0 Å². The number of anilines is 2. The fraction of sp³-hybridized carbons (Fsp3) is 0.692. The van der Waals surface area contributed by atoms with Crippen molar-refractivity contribution in [2.75, 3.05) is 50.5 Å². The third-order valence-electron chi connectivity index (χ3n) is 4.13. The van der Waals surface area contributed by atoms with Gasteiger partial charge in [0.2, 0.25) is 5.95 Å². The average Bonchev–Trinajstić information content (AvgIpc) is 2.43. The predicted molar refractivity (Wildman–Crippen MR) is 74.1 cm³/mol. The van der Waals surface area contributed by atoms with Gasteiger partial charge < -0.3 is 20.3 Å². The second-order valence-electron chi connectivity index (χ2n) is 5.53. The van der Waals surface area contributed by atoms with E-state index >= 15 is 0 Å². The Bertz CT molecular complexity index is 444. The number of hydrogen-bond acceptors (Lipinski definition) is 6. The molecule has 0 bridgehead atoms. The molecule has 0 unspecified atom stereocenters. The highest BCUT2D eigenvalue weighted by atomic mass is 16.5. The number of nitrogens with zero attached hydrogens (tertiary/aromatic N) is 4. The largest absolute Gasteiger partial charge is 0.371 e. The summed E-state index contributed by atoms with van der Waals surface area (Å²) in [6.07, 6.45) is 3.88. The quantitative estimate of drug-likeness (QED) is 0.789. The van der Waals surface area contributed by atoms with E-state index in [2.05, 4.69) is 26.8 Å². The standard InChI is InChI=1S/C13H21N5O/c1-17-6-3-13(4-7-17)10-18(8-9-19-13)11-2-5-15-12(14)16-11/h2,5H,3-4,6-10H2,1H3,(H2,14,15,16). The third kappa shape index (κ3) is 2.64. The molecule has 1 spiro atoms. The van der Waals surface area contributed by atoms with Crippen LogP contribution < -0.4 is 10.6 Å². The van der Waals surface area contributed by atoms with Crippen LogP contribution in [0.1, 0.15) is 12.8 Å². The molecule has 6 heteroatoms. The van der Waals surface area contributed by atoms with Crippen LogP contribution in [-0.2, 0) is 4.74 Å². The number of ether oxygens (including phenoxy) is 1. The molecule has 0 saturated carbocycles. The van der Waals surface area contributed by atoms with Gasteiger partial charge in [0.1, 0.15) is 5.82 Å². The topological polar surface area (TPSA) is 67.5 Å². The summed E-state index contributed by atoms with van der Waals surface area (Å²) in [5.74, 6) is 1.25. The Balaban J connectivity index is 1.74. The first kappa shape index (κ1) is 12.6. The number of piperidine rings is 1. The van der Waals surface area contributed by atoms with E-state index in [0.29, 0.717) is 5.95 Å². The van der Waals surface area contributed by atoms with E-state index in [1.165, 1.54) is 0 Å². The molecule has 2 N–H and O–H groups in total. The fourth-order valence-electron chi connectivity index (χ4n) is 2.91. The van der Waals surface area contributed by atoms with Crippen LogP contribution in [-0.4, -0.2) is 60.3 Å². The molecule has 0 atom stereocenters. The zero-order valence-electron chi connectivity index (χ0n) is 11.4. The summed E-state index contributed by atoms with van der Waals surface area (Å²) in [6, 6.07) is 1.92. The zero-order chi connectivity index (χ0) is 13.3. The molecule has 2 saturated heterocycles. The highest BCUT2D eigenvalue weighted by Crippen LogP contribution is 2.31. The van der Waals surface area contributed by atoms with Crippen molar-refractivity contribution in [3.8, 4) is 0 Å². The number of hydrogen-bond donors (Lipinski definition) is 1. The van der Waals surface area contributed by atoms with Crippen molar-refractivity contribution in [2.45, 2.75) is 18.4 Å². The molecular formula is C13H21N5O. The van der Waals surface area contributed by atoms with E-state index in [-0.39, 0.29) is 5.60 Å². The van der Waals surface area contributed by atoms with Crippen molar-refractivity contribution in [1.82, 2.24) is 14.9 Å². The molecule has 19 heavy (non-hydrogen) atoms. The number of morpholine rings is 1. The maximum atomic E-state index is 6.09. The normalized spacial score (nSPS) is 23.7. The smallest absolute Gasteiger partial charge is 0.221 e. The zero-order valence-corrected chi connectivity index (χ0v) is 11.4. The van der Waals surface area contributed by atoms with Gasteiger partial charge in [0.05, 0.1) is 12.2 Å². The molecule has 0 aliphatic carbocycles. The van der Waals surface area contributed by atoms with Gasteiger partial charge in [-0.25, -0.2) is 4.98 Å². The van der Waals surface area contributed by atoms with Crippen LogP contribution in [0, 0.1) is 0 Å². The summed E-state index contributed by atoms with van der Waals surface area (Å²) in [4.78, 5) is 12.9. The Morgan fingerprint density at radius 1 is 1.32 bits per heavy atom. The van der Waals surface area contributed by atoms with Gasteiger partial charge in [-0.1, -0.05) is 0 Å². The molecular weight excluding hydrogens is 242 g/mol. The van der Waals surface area contributed by atoms with Crippen LogP contribution in [0.25, 0.3) is 0 Å². The summed E-state index contributed by atoms with van der Waals surface area (Å²) in [7, 11) is 2.17. The van der Waals surface area contributed by atoms with Crippen LogP contribution in [0.4, 0.5) is 11.8 Å². The van der Waals surface area contributed by atoms with Crippen LogP contribution in [0.5, 0.6) is 0 Å². The fourth-order valence-corrected chi connectivity index (χ4v) is 2.91. The number of nitrogens with two attached hydrogens (primary N) is 1. The Morgan fingerprint density at radius 2 is 2.11 bits per heavy atom. The van der Waals surface area contributed by atoms with E-state index in [1.807, 2.05) is 6.07 Å². The molecule has 0 radical (unpaired) electrons. The summed E-state index contributed by atoms with van der Waals surface area (Å²) >= 11 is 0. The molecule has 3 rings (SSSR count). The molecule has 2 fully saturated rings. The first-order chi connectivity index (χ1) is 9.17. The van der Waals surface area contributed by atoms with Crippen molar-refractivity contribution in [3.05, 3.63) is 12.3 Å². The summed E-state index contributed by atoms with van der Waals surface area (Å²) in [6.45, 7) is 4.72. The Labute approximate surface area is 113 Å². The Hall–Kier alpha value is -1.40. The minimum atomic E-state index is -0.00945. The lowest BCUT2D eigenvalue weighted by Gasteiger charge is -2.47. The maximum Gasteiger partial charge on any atom is 0.221 e. The molecule has 0 aromatic carbocycles. The van der Waals surface area contributed by atoms with E-state index in [9.17, 15) is 0 Å². The summed E-state index contributed by atoms with van der Waals surface area (Å²) in [5.41, 5.74) is 5.66. The maximum absolute atomic E-state index is 6.09. The molecule has 2 aliphatic rings. The Morgan fingerprint density at radius 3 is 2.84 bits per heavy atom. The van der Waals surface area contributed by atoms with E-state index < -0.39 is 0 Å². The van der Waals surface area contributed by atoms with Crippen LogP contribution in [0.15, 0.2) is 12.3 Å². The number of rotatable bonds is 1. The van der Waals surface area contributed by atoms with Gasteiger partial charge in [0.15, 0.2) is 0 Å². The second kappa shape index (κ2) is 4.94. The molecule has 104 valence electrons. The SMILES string of the molecule is CN1CCC2(CC1)CN(c1ccnc(N)n1)CCO2. The van der Waals surface area contributed by atoms with Gasteiger partial charge in [-0.15, -0.1) is 0 Å². The van der Waals surface area contributed by atoms with Gasteiger partial charge in [-0.2, -0.15) is 4.98 Å². The first-order valence-electron chi connectivity index (χ1n) is 6.83. The molecule has 2 aliphatic heterocycles. The van der Waals surface area contributed by atoms with Gasteiger partial charge >= 0.3 is 0 Å². The minimum Gasteiger partial charge on any atom is -0.371 e. The third-order valence-corrected chi connectivity index (χ3v) is 4.13. The van der Waals surface area contributed by atoms with Crippen molar-refractivity contribution in [1.29, 1.82) is 0 Å². The van der Waals surface area contributed by atoms with Crippen molar-refractivity contribution in [2.24, 2.45) is 0 Å². The summed E-state index contributed by atoms with van der Waals surface area (Å²) < 4.78 is 6.09. The number of aromatic nitrogens is 2.